The lowest BCUT2D eigenvalue weighted by atomic mass is 10.2. The van der Waals surface area contributed by atoms with Gasteiger partial charge < -0.3 is 5.32 Å². The average molecular weight is 475 g/mol. The molecule has 0 fully saturated rings. The van der Waals surface area contributed by atoms with Gasteiger partial charge >= 0.3 is 0 Å². The van der Waals surface area contributed by atoms with Crippen LogP contribution in [-0.4, -0.2) is 38.9 Å². The number of rotatable bonds is 10. The first-order chi connectivity index (χ1) is 13.7. The van der Waals surface area contributed by atoms with Gasteiger partial charge in [0.15, 0.2) is 0 Å². The number of carbonyl (C=O) groups excluding carboxylic acids is 1. The predicted molar refractivity (Wildman–Crippen MR) is 123 cm³/mol. The third-order valence-corrected chi connectivity index (χ3v) is 6.81. The molecule has 0 aliphatic heterocycles. The molecule has 0 heterocycles. The van der Waals surface area contributed by atoms with Crippen molar-refractivity contribution in [3.8, 4) is 0 Å². The van der Waals surface area contributed by atoms with Crippen LogP contribution < -0.4 is 9.62 Å². The lowest BCUT2D eigenvalue weighted by Gasteiger charge is -2.30. The van der Waals surface area contributed by atoms with Gasteiger partial charge in [-0.1, -0.05) is 42.3 Å². The smallest absolute Gasteiger partial charge is 0.243 e. The molecule has 0 radical (unpaired) electrons. The first-order valence-corrected chi connectivity index (χ1v) is 12.8. The lowest BCUT2D eigenvalue weighted by molar-refractivity contribution is -0.122. The van der Waals surface area contributed by atoms with Crippen molar-refractivity contribution in [2.75, 3.05) is 22.9 Å². The molecule has 2 rings (SSSR count). The Labute approximate surface area is 186 Å². The second kappa shape index (κ2) is 11.1. The average Bonchev–Trinajstić information content (AvgIpc) is 2.65. The maximum atomic E-state index is 12.7. The van der Waals surface area contributed by atoms with E-state index in [1.807, 2.05) is 24.3 Å². The lowest BCUT2D eigenvalue weighted by Crippen LogP contribution is -2.49. The predicted octanol–water partition coefficient (Wildman–Crippen LogP) is 4.59. The maximum absolute atomic E-state index is 12.7. The third-order valence-electron chi connectivity index (χ3n) is 4.11. The van der Waals surface area contributed by atoms with Gasteiger partial charge in [-0.05, 0) is 48.4 Å². The summed E-state index contributed by atoms with van der Waals surface area (Å²) >= 11 is 13.5. The van der Waals surface area contributed by atoms with E-state index in [1.54, 1.807) is 43.0 Å². The fourth-order valence-electron chi connectivity index (χ4n) is 2.83. The van der Waals surface area contributed by atoms with E-state index in [0.29, 0.717) is 34.5 Å². The molecule has 29 heavy (non-hydrogen) atoms. The van der Waals surface area contributed by atoms with Crippen LogP contribution in [0.3, 0.4) is 0 Å². The summed E-state index contributed by atoms with van der Waals surface area (Å²) in [7, 11) is -3.65. The number of hydrogen-bond donors (Lipinski definition) is 1. The van der Waals surface area contributed by atoms with E-state index < -0.39 is 16.1 Å². The Bertz CT molecular complexity index is 922. The monoisotopic (exact) mass is 474 g/mol. The molecule has 0 bridgehead atoms. The minimum absolute atomic E-state index is 0.323. The van der Waals surface area contributed by atoms with Crippen molar-refractivity contribution in [3.63, 3.8) is 0 Å². The second-order valence-electron chi connectivity index (χ2n) is 6.43. The van der Waals surface area contributed by atoms with Crippen LogP contribution in [0, 0.1) is 0 Å². The minimum Gasteiger partial charge on any atom is -0.353 e. The number of thioether (sulfide) groups is 1. The van der Waals surface area contributed by atoms with Gasteiger partial charge in [0.25, 0.3) is 0 Å². The number of hydrogen-bond acceptors (Lipinski definition) is 4. The highest BCUT2D eigenvalue weighted by molar-refractivity contribution is 7.98. The molecule has 1 amide bonds. The Kier molecular flexibility index (Phi) is 9.14. The molecule has 0 saturated carbocycles. The zero-order chi connectivity index (χ0) is 21.4. The van der Waals surface area contributed by atoms with Crippen LogP contribution in [0.4, 0.5) is 5.69 Å². The Morgan fingerprint density at radius 1 is 1.14 bits per heavy atom. The first-order valence-electron chi connectivity index (χ1n) is 9.07. The topological polar surface area (TPSA) is 66.5 Å². The van der Waals surface area contributed by atoms with Crippen LogP contribution in [0.2, 0.25) is 10.0 Å². The van der Waals surface area contributed by atoms with Crippen molar-refractivity contribution in [3.05, 3.63) is 64.1 Å². The van der Waals surface area contributed by atoms with Crippen LogP contribution in [0.5, 0.6) is 0 Å². The van der Waals surface area contributed by atoms with Gasteiger partial charge in [-0.25, -0.2) is 8.42 Å². The summed E-state index contributed by atoms with van der Waals surface area (Å²) < 4.78 is 25.9. The number of amides is 1. The molecule has 0 spiro atoms. The van der Waals surface area contributed by atoms with E-state index in [1.165, 1.54) is 0 Å². The van der Waals surface area contributed by atoms with Gasteiger partial charge in [-0.15, -0.1) is 0 Å². The van der Waals surface area contributed by atoms with Crippen LogP contribution in [0.1, 0.15) is 18.9 Å². The number of nitrogens with zero attached hydrogens (tertiary/aromatic N) is 1. The summed E-state index contributed by atoms with van der Waals surface area (Å²) in [5.74, 6) is 1.17. The van der Waals surface area contributed by atoms with Gasteiger partial charge in [-0.3, -0.25) is 9.10 Å². The van der Waals surface area contributed by atoms with Crippen LogP contribution in [-0.2, 0) is 20.6 Å². The molecule has 2 aromatic carbocycles. The summed E-state index contributed by atoms with van der Waals surface area (Å²) in [6, 6.07) is 13.2. The number of benzene rings is 2. The van der Waals surface area contributed by atoms with Crippen molar-refractivity contribution in [1.29, 1.82) is 0 Å². The highest BCUT2D eigenvalue weighted by Crippen LogP contribution is 2.24. The summed E-state index contributed by atoms with van der Waals surface area (Å²) in [6.45, 7) is 2.23. The fourth-order valence-corrected chi connectivity index (χ4v) is 5.19. The van der Waals surface area contributed by atoms with Gasteiger partial charge in [0.2, 0.25) is 15.9 Å². The molecule has 1 atom stereocenters. The molecular weight excluding hydrogens is 451 g/mol. The van der Waals surface area contributed by atoms with Gasteiger partial charge in [0, 0.05) is 28.1 Å². The molecule has 0 saturated heterocycles. The van der Waals surface area contributed by atoms with E-state index in [9.17, 15) is 13.2 Å². The van der Waals surface area contributed by atoms with E-state index in [-0.39, 0.29) is 5.91 Å². The summed E-state index contributed by atoms with van der Waals surface area (Å²) in [6.07, 6.45) is 1.44. The van der Waals surface area contributed by atoms with Gasteiger partial charge in [-0.2, -0.15) is 11.8 Å². The van der Waals surface area contributed by atoms with Crippen molar-refractivity contribution < 1.29 is 13.2 Å². The highest BCUT2D eigenvalue weighted by atomic mass is 35.5. The summed E-state index contributed by atoms with van der Waals surface area (Å²) in [4.78, 5) is 12.7. The van der Waals surface area contributed by atoms with Crippen LogP contribution in [0.15, 0.2) is 48.5 Å². The fraction of sp³-hybridized carbons (Fsp3) is 0.350. The van der Waals surface area contributed by atoms with Gasteiger partial charge in [0.05, 0.1) is 11.9 Å². The number of sulfonamides is 1. The third kappa shape index (κ3) is 7.41. The zero-order valence-electron chi connectivity index (χ0n) is 16.3. The van der Waals surface area contributed by atoms with E-state index in [4.69, 9.17) is 23.2 Å². The molecular formula is C20H24Cl2N2O3S2. The van der Waals surface area contributed by atoms with E-state index in [0.717, 1.165) is 21.9 Å². The number of carbonyl (C=O) groups is 1. The van der Waals surface area contributed by atoms with Crippen molar-refractivity contribution >= 4 is 56.6 Å². The maximum Gasteiger partial charge on any atom is 0.243 e. The molecule has 0 aromatic heterocycles. The Balaban J connectivity index is 1.95. The van der Waals surface area contributed by atoms with E-state index >= 15 is 0 Å². The Morgan fingerprint density at radius 2 is 1.83 bits per heavy atom. The van der Waals surface area contributed by atoms with Crippen molar-refractivity contribution in [2.24, 2.45) is 0 Å². The zero-order valence-corrected chi connectivity index (χ0v) is 19.4. The number of nitrogens with one attached hydrogen (secondary N) is 1. The molecule has 2 aromatic rings. The first kappa shape index (κ1) is 23.9. The van der Waals surface area contributed by atoms with E-state index in [2.05, 4.69) is 5.32 Å². The SMILES string of the molecule is CC[C@@H](C(=O)NCCSCc1cccc(Cl)c1)N(c1ccc(Cl)cc1)S(C)(=O)=O. The highest BCUT2D eigenvalue weighted by Gasteiger charge is 2.31. The molecule has 1 N–H and O–H groups in total. The summed E-state index contributed by atoms with van der Waals surface area (Å²) in [5, 5.41) is 4.04. The normalized spacial score (nSPS) is 12.4. The molecule has 9 heteroatoms. The van der Waals surface area contributed by atoms with Crippen LogP contribution in [0.25, 0.3) is 0 Å². The quantitative estimate of drug-likeness (QED) is 0.511. The number of halogens is 2. The van der Waals surface area contributed by atoms with Crippen molar-refractivity contribution in [2.45, 2.75) is 25.1 Å². The molecule has 0 unspecified atom stereocenters. The molecule has 158 valence electrons. The Morgan fingerprint density at radius 3 is 2.41 bits per heavy atom. The van der Waals surface area contributed by atoms with Gasteiger partial charge in [0.1, 0.15) is 6.04 Å². The summed E-state index contributed by atoms with van der Waals surface area (Å²) in [5.41, 5.74) is 1.53. The second-order valence-corrected chi connectivity index (χ2v) is 10.3. The molecule has 5 nitrogen and oxygen atoms in total. The standard InChI is InChI=1S/C20H24Cl2N2O3S2/c1-3-19(24(29(2,26)27)18-9-7-16(21)8-10-18)20(25)23-11-12-28-14-15-5-4-6-17(22)13-15/h4-10,13,19H,3,11-12,14H2,1-2H3,(H,23,25)/t19-/m0/s1. The largest absolute Gasteiger partial charge is 0.353 e. The molecule has 0 aliphatic carbocycles. The number of anilines is 1. The molecule has 0 aliphatic rings. The minimum atomic E-state index is -3.65. The van der Waals surface area contributed by atoms with Crippen molar-refractivity contribution in [1.82, 2.24) is 5.32 Å². The van der Waals surface area contributed by atoms with Crippen LogP contribution >= 0.6 is 35.0 Å². The Hall–Kier alpha value is -1.41.